The topological polar surface area (TPSA) is 104 Å². The summed E-state index contributed by atoms with van der Waals surface area (Å²) in [6.07, 6.45) is -5.49. The predicted octanol–water partition coefficient (Wildman–Crippen LogP) is 3.55. The second kappa shape index (κ2) is 8.58. The van der Waals surface area contributed by atoms with Gasteiger partial charge in [0.05, 0.1) is 7.11 Å². The zero-order valence-electron chi connectivity index (χ0n) is 17.7. The van der Waals surface area contributed by atoms with Crippen molar-refractivity contribution in [2.24, 2.45) is 11.7 Å². The Kier molecular flexibility index (Phi) is 6.33. The lowest BCUT2D eigenvalue weighted by Gasteiger charge is -2.32. The molecule has 4 atom stereocenters. The number of hydrogen-bond acceptors (Lipinski definition) is 5. The average Bonchev–Trinajstić information content (AvgIpc) is 3.02. The van der Waals surface area contributed by atoms with Crippen molar-refractivity contribution in [3.05, 3.63) is 53.4 Å². The molecule has 3 rings (SSSR count). The highest BCUT2D eigenvalue weighted by Crippen LogP contribution is 2.55. The molecule has 0 aliphatic carbocycles. The van der Waals surface area contributed by atoms with Gasteiger partial charge in [-0.3, -0.25) is 14.6 Å². The Morgan fingerprint density at radius 2 is 1.91 bits per heavy atom. The van der Waals surface area contributed by atoms with Gasteiger partial charge in [-0.1, -0.05) is 13.0 Å². The maximum Gasteiger partial charge on any atom is 0.417 e. The fourth-order valence-corrected chi connectivity index (χ4v) is 3.90. The van der Waals surface area contributed by atoms with Gasteiger partial charge in [-0.25, -0.2) is 4.39 Å². The van der Waals surface area contributed by atoms with Gasteiger partial charge in [0.15, 0.2) is 17.2 Å². The Balaban J connectivity index is 2.07. The van der Waals surface area contributed by atoms with Crippen molar-refractivity contribution >= 4 is 17.5 Å². The molecular formula is C21H20F5N3O4. The van der Waals surface area contributed by atoms with Crippen LogP contribution in [0, 0.1) is 17.6 Å². The van der Waals surface area contributed by atoms with Crippen LogP contribution in [0.5, 0.6) is 5.75 Å². The predicted molar refractivity (Wildman–Crippen MR) is 106 cm³/mol. The van der Waals surface area contributed by atoms with E-state index in [-0.39, 0.29) is 16.9 Å². The van der Waals surface area contributed by atoms with Crippen LogP contribution in [0.1, 0.15) is 35.8 Å². The highest BCUT2D eigenvalue weighted by molar-refractivity contribution is 5.97. The fourth-order valence-electron chi connectivity index (χ4n) is 3.90. The number of nitrogens with one attached hydrogen (secondary N) is 1. The number of amides is 2. The molecule has 2 aromatic rings. The number of rotatable bonds is 5. The highest BCUT2D eigenvalue weighted by Gasteiger charge is 2.65. The number of benzene rings is 1. The van der Waals surface area contributed by atoms with E-state index < -0.39 is 58.9 Å². The SMILES string of the molecule is COc1c([C@@H]2[C@@H](C)[C@](C)(C(F)(F)F)O[C@H]2C(=O)Nc2ccnc(C(N)=O)c2)ccc(F)c1F. The number of alkyl halides is 3. The number of nitrogens with two attached hydrogens (primary N) is 1. The molecule has 1 aromatic heterocycles. The summed E-state index contributed by atoms with van der Waals surface area (Å²) >= 11 is 0. The molecule has 0 saturated carbocycles. The van der Waals surface area contributed by atoms with E-state index in [0.29, 0.717) is 0 Å². The summed E-state index contributed by atoms with van der Waals surface area (Å²) in [5.41, 5.74) is 2.04. The van der Waals surface area contributed by atoms with Gasteiger partial charge in [0.2, 0.25) is 5.82 Å². The molecule has 3 N–H and O–H groups in total. The molecule has 1 aliphatic heterocycles. The number of pyridine rings is 1. The van der Waals surface area contributed by atoms with E-state index in [9.17, 15) is 31.5 Å². The Morgan fingerprint density at radius 1 is 1.24 bits per heavy atom. The van der Waals surface area contributed by atoms with Crippen molar-refractivity contribution in [2.45, 2.75) is 37.6 Å². The molecule has 1 fully saturated rings. The third kappa shape index (κ3) is 4.22. The zero-order valence-corrected chi connectivity index (χ0v) is 17.7. The van der Waals surface area contributed by atoms with Crippen LogP contribution in [0.2, 0.25) is 0 Å². The Labute approximate surface area is 185 Å². The minimum atomic E-state index is -4.89. The number of hydrogen-bond donors (Lipinski definition) is 2. The van der Waals surface area contributed by atoms with Crippen LogP contribution < -0.4 is 15.8 Å². The number of nitrogens with zero attached hydrogens (tertiary/aromatic N) is 1. The van der Waals surface area contributed by atoms with Gasteiger partial charge in [0.1, 0.15) is 11.8 Å². The number of methoxy groups -OCH3 is 1. The number of primary amides is 1. The molecule has 12 heteroatoms. The standard InChI is InChI=1S/C21H20F5N3O4/c1-9-14(11-4-5-12(22)15(23)16(11)32-3)17(33-20(9,2)21(24,25)26)19(31)29-10-6-7-28-13(8-10)18(27)30/h4-9,14,17H,1-3H3,(H2,27,30)(H,28,29,31)/t9-,14+,17-,20-/m1/s1. The molecule has 2 amide bonds. The second-order valence-electron chi connectivity index (χ2n) is 7.72. The molecule has 1 aromatic carbocycles. The van der Waals surface area contributed by atoms with Crippen LogP contribution in [0.25, 0.3) is 0 Å². The first-order valence-electron chi connectivity index (χ1n) is 9.65. The molecule has 1 aliphatic rings. The van der Waals surface area contributed by atoms with Crippen LogP contribution in [-0.4, -0.2) is 41.8 Å². The Hall–Kier alpha value is -3.28. The Morgan fingerprint density at radius 3 is 2.48 bits per heavy atom. The van der Waals surface area contributed by atoms with Gasteiger partial charge in [-0.05, 0) is 25.1 Å². The second-order valence-corrected chi connectivity index (χ2v) is 7.72. The summed E-state index contributed by atoms with van der Waals surface area (Å²) in [4.78, 5) is 28.1. The minimum absolute atomic E-state index is 0.0247. The summed E-state index contributed by atoms with van der Waals surface area (Å²) in [5.74, 6) is -7.94. The van der Waals surface area contributed by atoms with Crippen molar-refractivity contribution in [2.75, 3.05) is 12.4 Å². The lowest BCUT2D eigenvalue weighted by molar-refractivity contribution is -0.272. The number of ether oxygens (including phenoxy) is 2. The molecule has 0 unspecified atom stereocenters. The van der Waals surface area contributed by atoms with Gasteiger partial charge < -0.3 is 20.5 Å². The van der Waals surface area contributed by atoms with Gasteiger partial charge >= 0.3 is 6.18 Å². The number of aromatic nitrogens is 1. The fraction of sp³-hybridized carbons (Fsp3) is 0.381. The average molecular weight is 473 g/mol. The van der Waals surface area contributed by atoms with Gasteiger partial charge in [0, 0.05) is 29.3 Å². The molecule has 0 spiro atoms. The molecule has 1 saturated heterocycles. The number of halogens is 5. The molecule has 0 bridgehead atoms. The lowest BCUT2D eigenvalue weighted by Crippen LogP contribution is -2.47. The van der Waals surface area contributed by atoms with Crippen molar-refractivity contribution in [1.29, 1.82) is 0 Å². The van der Waals surface area contributed by atoms with Crippen molar-refractivity contribution in [1.82, 2.24) is 4.98 Å². The van der Waals surface area contributed by atoms with Crippen LogP contribution in [0.3, 0.4) is 0 Å². The molecule has 7 nitrogen and oxygen atoms in total. The number of carbonyl (C=O) groups excluding carboxylic acids is 2. The normalized spacial score (nSPS) is 25.0. The van der Waals surface area contributed by atoms with Crippen molar-refractivity contribution in [3.63, 3.8) is 0 Å². The summed E-state index contributed by atoms with van der Waals surface area (Å²) in [6.45, 7) is 1.98. The van der Waals surface area contributed by atoms with E-state index >= 15 is 0 Å². The summed E-state index contributed by atoms with van der Waals surface area (Å²) in [5, 5.41) is 2.36. The van der Waals surface area contributed by atoms with E-state index in [2.05, 4.69) is 10.3 Å². The first kappa shape index (κ1) is 24.4. The quantitative estimate of drug-likeness (QED) is 0.647. The molecule has 33 heavy (non-hydrogen) atoms. The van der Waals surface area contributed by atoms with E-state index in [0.717, 1.165) is 32.2 Å². The van der Waals surface area contributed by atoms with E-state index in [1.807, 2.05) is 0 Å². The third-order valence-electron chi connectivity index (χ3n) is 5.85. The molecular weight excluding hydrogens is 453 g/mol. The first-order valence-corrected chi connectivity index (χ1v) is 9.65. The maximum absolute atomic E-state index is 14.4. The molecule has 2 heterocycles. The minimum Gasteiger partial charge on any atom is -0.493 e. The summed E-state index contributed by atoms with van der Waals surface area (Å²) < 4.78 is 80.1. The van der Waals surface area contributed by atoms with E-state index in [1.54, 1.807) is 0 Å². The van der Waals surface area contributed by atoms with Crippen molar-refractivity contribution < 1.29 is 41.0 Å². The smallest absolute Gasteiger partial charge is 0.417 e. The van der Waals surface area contributed by atoms with Crippen LogP contribution in [0.15, 0.2) is 30.5 Å². The molecule has 178 valence electrons. The zero-order chi connectivity index (χ0) is 24.7. The first-order chi connectivity index (χ1) is 15.3. The van der Waals surface area contributed by atoms with Crippen molar-refractivity contribution in [3.8, 4) is 5.75 Å². The van der Waals surface area contributed by atoms with E-state index in [4.69, 9.17) is 15.2 Å². The van der Waals surface area contributed by atoms with Crippen LogP contribution >= 0.6 is 0 Å². The van der Waals surface area contributed by atoms with Crippen LogP contribution in [-0.2, 0) is 9.53 Å². The maximum atomic E-state index is 14.4. The third-order valence-corrected chi connectivity index (χ3v) is 5.85. The van der Waals surface area contributed by atoms with Gasteiger partial charge in [0.25, 0.3) is 11.8 Å². The lowest BCUT2D eigenvalue weighted by atomic mass is 9.77. The summed E-state index contributed by atoms with van der Waals surface area (Å²) in [6, 6.07) is 4.22. The largest absolute Gasteiger partial charge is 0.493 e. The number of anilines is 1. The Bertz CT molecular complexity index is 1090. The highest BCUT2D eigenvalue weighted by atomic mass is 19.4. The van der Waals surface area contributed by atoms with E-state index in [1.165, 1.54) is 19.2 Å². The number of carbonyl (C=O) groups is 2. The van der Waals surface area contributed by atoms with Gasteiger partial charge in [-0.15, -0.1) is 0 Å². The summed E-state index contributed by atoms with van der Waals surface area (Å²) in [7, 11) is 1.03. The monoisotopic (exact) mass is 473 g/mol. The van der Waals surface area contributed by atoms with Crippen LogP contribution in [0.4, 0.5) is 27.6 Å². The van der Waals surface area contributed by atoms with Gasteiger partial charge in [-0.2, -0.15) is 17.6 Å². The molecule has 0 radical (unpaired) electrons.